The third kappa shape index (κ3) is 10.8. The van der Waals surface area contributed by atoms with E-state index in [4.69, 9.17) is 9.57 Å². The number of amides is 1. The third-order valence-corrected chi connectivity index (χ3v) is 8.71. The zero-order chi connectivity index (χ0) is 36.3. The molecule has 0 saturated heterocycles. The lowest BCUT2D eigenvalue weighted by Gasteiger charge is -2.26. The normalized spacial score (nSPS) is 13.0. The van der Waals surface area contributed by atoms with Crippen LogP contribution in [0, 0.1) is 11.6 Å². The Morgan fingerprint density at radius 3 is 2.28 bits per heavy atom. The van der Waals surface area contributed by atoms with Gasteiger partial charge in [0.15, 0.2) is 0 Å². The average molecular weight is 709 g/mol. The molecule has 0 aliphatic rings. The largest absolute Gasteiger partial charge is 0.497 e. The highest BCUT2D eigenvalue weighted by Gasteiger charge is 2.26. The van der Waals surface area contributed by atoms with Gasteiger partial charge >= 0.3 is 0 Å². The molecule has 0 bridgehead atoms. The lowest BCUT2D eigenvalue weighted by atomic mass is 9.99. The lowest BCUT2D eigenvalue weighted by molar-refractivity contribution is 0.0829. The van der Waals surface area contributed by atoms with E-state index >= 15 is 0 Å². The number of hydrogen-bond acceptors (Lipinski definition) is 8. The Morgan fingerprint density at radius 1 is 0.920 bits per heavy atom. The molecule has 10 nitrogen and oxygen atoms in total. The van der Waals surface area contributed by atoms with Gasteiger partial charge in [-0.1, -0.05) is 42.4 Å². The smallest absolute Gasteiger partial charge is 0.251 e. The number of rotatable bonds is 17. The van der Waals surface area contributed by atoms with E-state index in [0.29, 0.717) is 42.3 Å². The van der Waals surface area contributed by atoms with Crippen molar-refractivity contribution in [1.82, 2.24) is 10.6 Å². The molecule has 0 radical (unpaired) electrons. The maximum absolute atomic E-state index is 14.2. The molecule has 13 heteroatoms. The Kier molecular flexibility index (Phi) is 13.4. The molecular formula is C37H42F2N4O6S. The van der Waals surface area contributed by atoms with Crippen LogP contribution in [-0.2, 0) is 27.8 Å². The van der Waals surface area contributed by atoms with Crippen LogP contribution in [0.4, 0.5) is 20.2 Å². The molecule has 50 heavy (non-hydrogen) atoms. The predicted octanol–water partition coefficient (Wildman–Crippen LogP) is 5.71. The summed E-state index contributed by atoms with van der Waals surface area (Å²) in [7, 11) is -2.33. The number of aliphatic hydroxyl groups is 1. The van der Waals surface area contributed by atoms with Gasteiger partial charge in [0.2, 0.25) is 10.0 Å². The molecule has 266 valence electrons. The van der Waals surface area contributed by atoms with Crippen LogP contribution >= 0.6 is 0 Å². The van der Waals surface area contributed by atoms with Gasteiger partial charge in [0.25, 0.3) is 5.91 Å². The second-order valence-electron chi connectivity index (χ2n) is 11.8. The standard InChI is InChI=1S/C37H42F2N4O6S/c1-5-14-49-42-25(2)28-19-29(21-33(20-28)43(50(4,46)47)32-11-7-6-8-12-32)37(45)41-35(18-27-15-30(38)22-31(39)16-27)36(44)24-40-23-26-10-9-13-34(17-26)48-3/h6-13,15-17,19-22,35-36,40,44H,5,14,18,23-24H2,1-4H3,(H,41,45)/b42-25+/t35-,36+/m0/s1. The first-order valence-corrected chi connectivity index (χ1v) is 17.9. The lowest BCUT2D eigenvalue weighted by Crippen LogP contribution is -2.48. The minimum atomic E-state index is -3.90. The van der Waals surface area contributed by atoms with E-state index in [9.17, 15) is 27.1 Å². The van der Waals surface area contributed by atoms with Crippen molar-refractivity contribution in [3.8, 4) is 5.75 Å². The van der Waals surface area contributed by atoms with Gasteiger partial charge in [-0.05, 0) is 85.5 Å². The van der Waals surface area contributed by atoms with Crippen LogP contribution in [0.15, 0.2) is 96.2 Å². The van der Waals surface area contributed by atoms with E-state index in [2.05, 4.69) is 15.8 Å². The molecule has 0 aliphatic carbocycles. The average Bonchev–Trinajstić information content (AvgIpc) is 3.07. The molecule has 0 heterocycles. The number of sulfonamides is 1. The van der Waals surface area contributed by atoms with Gasteiger partial charge in [0.1, 0.15) is 24.0 Å². The van der Waals surface area contributed by atoms with Gasteiger partial charge in [0.05, 0.1) is 42.6 Å². The first-order valence-electron chi connectivity index (χ1n) is 16.0. The molecule has 0 saturated carbocycles. The minimum absolute atomic E-state index is 0.0155. The highest BCUT2D eigenvalue weighted by molar-refractivity contribution is 7.92. The Labute approximate surface area is 291 Å². The van der Waals surface area contributed by atoms with Crippen LogP contribution in [-0.4, -0.2) is 63.8 Å². The topological polar surface area (TPSA) is 130 Å². The summed E-state index contributed by atoms with van der Waals surface area (Å²) in [5.74, 6) is -1.58. The fourth-order valence-electron chi connectivity index (χ4n) is 5.26. The van der Waals surface area contributed by atoms with Crippen molar-refractivity contribution >= 4 is 33.0 Å². The summed E-state index contributed by atoms with van der Waals surface area (Å²) < 4.78 is 61.0. The molecule has 0 spiro atoms. The summed E-state index contributed by atoms with van der Waals surface area (Å²) in [5, 5.41) is 21.4. The first kappa shape index (κ1) is 38.0. The van der Waals surface area contributed by atoms with Crippen LogP contribution in [0.3, 0.4) is 0 Å². The molecular weight excluding hydrogens is 666 g/mol. The van der Waals surface area contributed by atoms with Gasteiger partial charge in [-0.3, -0.25) is 4.79 Å². The second-order valence-corrected chi connectivity index (χ2v) is 13.6. The highest BCUT2D eigenvalue weighted by Crippen LogP contribution is 2.30. The number of benzene rings is 4. The molecule has 0 unspecified atom stereocenters. The van der Waals surface area contributed by atoms with Crippen LogP contribution in [0.5, 0.6) is 5.75 Å². The van der Waals surface area contributed by atoms with Crippen LogP contribution in [0.25, 0.3) is 0 Å². The highest BCUT2D eigenvalue weighted by atomic mass is 32.2. The Morgan fingerprint density at radius 2 is 1.62 bits per heavy atom. The van der Waals surface area contributed by atoms with E-state index in [1.165, 1.54) is 12.1 Å². The van der Waals surface area contributed by atoms with Gasteiger partial charge in [0, 0.05) is 30.3 Å². The fourth-order valence-corrected chi connectivity index (χ4v) is 6.25. The van der Waals surface area contributed by atoms with Gasteiger partial charge in [-0.2, -0.15) is 0 Å². The minimum Gasteiger partial charge on any atom is -0.497 e. The van der Waals surface area contributed by atoms with Crippen molar-refractivity contribution in [2.24, 2.45) is 5.16 Å². The van der Waals surface area contributed by atoms with Crippen molar-refractivity contribution in [3.05, 3.63) is 125 Å². The van der Waals surface area contributed by atoms with Gasteiger partial charge in [-0.15, -0.1) is 0 Å². The van der Waals surface area contributed by atoms with Crippen molar-refractivity contribution in [2.75, 3.05) is 30.8 Å². The maximum Gasteiger partial charge on any atom is 0.251 e. The van der Waals surface area contributed by atoms with E-state index in [1.54, 1.807) is 50.4 Å². The first-order chi connectivity index (χ1) is 23.9. The number of nitrogens with zero attached hydrogens (tertiary/aromatic N) is 2. The third-order valence-electron chi connectivity index (χ3n) is 7.63. The van der Waals surface area contributed by atoms with Crippen LogP contribution in [0.1, 0.15) is 47.3 Å². The Hall–Kier alpha value is -4.85. The number of nitrogens with one attached hydrogen (secondary N) is 2. The molecule has 0 aromatic heterocycles. The molecule has 4 rings (SSSR count). The molecule has 3 N–H and O–H groups in total. The van der Waals surface area contributed by atoms with E-state index in [-0.39, 0.29) is 29.8 Å². The Balaban J connectivity index is 1.69. The number of carbonyl (C=O) groups is 1. The number of methoxy groups -OCH3 is 1. The number of anilines is 2. The quantitative estimate of drug-likeness (QED) is 0.0728. The number of para-hydroxylation sites is 1. The number of ether oxygens (including phenoxy) is 1. The number of hydrogen-bond donors (Lipinski definition) is 3. The number of carbonyl (C=O) groups excluding carboxylic acids is 1. The molecule has 2 atom stereocenters. The molecule has 1 amide bonds. The van der Waals surface area contributed by atoms with E-state index < -0.39 is 39.7 Å². The zero-order valence-corrected chi connectivity index (χ0v) is 29.2. The van der Waals surface area contributed by atoms with Crippen molar-refractivity contribution < 1.29 is 36.7 Å². The Bertz CT molecular complexity index is 1870. The summed E-state index contributed by atoms with van der Waals surface area (Å²) in [6.45, 7) is 4.34. The maximum atomic E-state index is 14.2. The van der Waals surface area contributed by atoms with E-state index in [0.717, 1.165) is 34.3 Å². The zero-order valence-electron chi connectivity index (χ0n) is 28.4. The SMILES string of the molecule is CCCO/N=C(\C)c1cc(C(=O)N[C@@H](Cc2cc(F)cc(F)c2)[C@H](O)CNCc2cccc(OC)c2)cc(N(c2ccccc2)S(C)(=O)=O)c1. The number of halogens is 2. The van der Waals surface area contributed by atoms with Crippen molar-refractivity contribution in [2.45, 2.75) is 45.4 Å². The van der Waals surface area contributed by atoms with Crippen LogP contribution in [0.2, 0.25) is 0 Å². The van der Waals surface area contributed by atoms with Gasteiger partial charge < -0.3 is 25.3 Å². The second kappa shape index (κ2) is 17.7. The fraction of sp³-hybridized carbons (Fsp3) is 0.297. The predicted molar refractivity (Wildman–Crippen MR) is 190 cm³/mol. The van der Waals surface area contributed by atoms with Crippen LogP contribution < -0.4 is 19.7 Å². The summed E-state index contributed by atoms with van der Waals surface area (Å²) in [6, 6.07) is 22.3. The van der Waals surface area contributed by atoms with Crippen molar-refractivity contribution in [1.29, 1.82) is 0 Å². The molecule has 4 aromatic rings. The van der Waals surface area contributed by atoms with E-state index in [1.807, 2.05) is 31.2 Å². The molecule has 0 aliphatic heterocycles. The summed E-state index contributed by atoms with van der Waals surface area (Å²) >= 11 is 0. The summed E-state index contributed by atoms with van der Waals surface area (Å²) in [4.78, 5) is 19.4. The monoisotopic (exact) mass is 708 g/mol. The molecule has 0 fully saturated rings. The number of aliphatic hydroxyl groups excluding tert-OH is 1. The van der Waals surface area contributed by atoms with Crippen molar-refractivity contribution in [3.63, 3.8) is 0 Å². The molecule has 4 aromatic carbocycles. The summed E-state index contributed by atoms with van der Waals surface area (Å²) in [6.07, 6.45) is 0.454. The summed E-state index contributed by atoms with van der Waals surface area (Å²) in [5.41, 5.74) is 2.48. The van der Waals surface area contributed by atoms with Gasteiger partial charge in [-0.25, -0.2) is 21.5 Å². The number of oxime groups is 1.